The van der Waals surface area contributed by atoms with Gasteiger partial charge in [-0.15, -0.1) is 0 Å². The second-order valence-corrected chi connectivity index (χ2v) is 7.59. The standard InChI is InChI=1S/C14H11BrINO5S/c1-6(13(20)22-2)17-12(19)10(23-14(17)21)5-7-3-8(15)11(18)9(16)4-7/h3-6,18H,1-2H3/b10-5+/t6-/m0/s1. The molecule has 1 heterocycles. The third kappa shape index (κ3) is 3.72. The van der Waals surface area contributed by atoms with Crippen LogP contribution in [0.15, 0.2) is 21.5 Å². The van der Waals surface area contributed by atoms with E-state index in [0.29, 0.717) is 13.6 Å². The van der Waals surface area contributed by atoms with Crippen molar-refractivity contribution in [1.82, 2.24) is 4.90 Å². The SMILES string of the molecule is COC(=O)[C@H](C)N1C(=O)S/C(=C/c2cc(Br)c(O)c(I)c2)C1=O. The van der Waals surface area contributed by atoms with E-state index in [2.05, 4.69) is 20.7 Å². The third-order valence-corrected chi connectivity index (χ3v) is 5.40. The topological polar surface area (TPSA) is 83.9 Å². The van der Waals surface area contributed by atoms with Crippen molar-refractivity contribution in [2.24, 2.45) is 0 Å². The minimum Gasteiger partial charge on any atom is -0.506 e. The van der Waals surface area contributed by atoms with Crippen molar-refractivity contribution in [1.29, 1.82) is 0 Å². The van der Waals surface area contributed by atoms with Gasteiger partial charge in [-0.1, -0.05) is 0 Å². The zero-order chi connectivity index (χ0) is 17.3. The highest BCUT2D eigenvalue weighted by Gasteiger charge is 2.41. The second-order valence-electron chi connectivity index (χ2n) is 4.58. The Bertz CT molecular complexity index is 713. The molecule has 0 spiro atoms. The number of nitrogens with zero attached hydrogens (tertiary/aromatic N) is 1. The van der Waals surface area contributed by atoms with Crippen LogP contribution in [0.2, 0.25) is 0 Å². The summed E-state index contributed by atoms with van der Waals surface area (Å²) in [6, 6.07) is 2.33. The van der Waals surface area contributed by atoms with Crippen molar-refractivity contribution in [2.45, 2.75) is 13.0 Å². The molecule has 1 atom stereocenters. The van der Waals surface area contributed by atoms with Gasteiger partial charge in [-0.2, -0.15) is 0 Å². The summed E-state index contributed by atoms with van der Waals surface area (Å²) in [6.07, 6.45) is 1.54. The molecule has 1 aromatic carbocycles. The fourth-order valence-electron chi connectivity index (χ4n) is 1.91. The number of halogens is 2. The van der Waals surface area contributed by atoms with Crippen LogP contribution in [-0.4, -0.2) is 40.3 Å². The van der Waals surface area contributed by atoms with E-state index in [-0.39, 0.29) is 10.7 Å². The lowest BCUT2D eigenvalue weighted by Gasteiger charge is -2.18. The highest BCUT2D eigenvalue weighted by Crippen LogP contribution is 2.36. The minimum absolute atomic E-state index is 0.107. The normalized spacial score (nSPS) is 17.7. The van der Waals surface area contributed by atoms with E-state index in [0.717, 1.165) is 16.7 Å². The van der Waals surface area contributed by atoms with Crippen molar-refractivity contribution in [2.75, 3.05) is 7.11 Å². The smallest absolute Gasteiger partial charge is 0.328 e. The van der Waals surface area contributed by atoms with Crippen molar-refractivity contribution in [3.05, 3.63) is 30.6 Å². The van der Waals surface area contributed by atoms with Gasteiger partial charge in [-0.05, 0) is 81.0 Å². The van der Waals surface area contributed by atoms with Gasteiger partial charge < -0.3 is 9.84 Å². The number of carbonyl (C=O) groups is 3. The molecule has 1 aliphatic heterocycles. The maximum absolute atomic E-state index is 12.4. The molecule has 2 amide bonds. The summed E-state index contributed by atoms with van der Waals surface area (Å²) in [4.78, 5) is 37.0. The van der Waals surface area contributed by atoms with Crippen LogP contribution in [-0.2, 0) is 14.3 Å². The number of amides is 2. The number of carbonyl (C=O) groups excluding carboxylic acids is 3. The molecule has 0 unspecified atom stereocenters. The van der Waals surface area contributed by atoms with E-state index in [1.807, 2.05) is 22.6 Å². The molecular weight excluding hydrogens is 501 g/mol. The van der Waals surface area contributed by atoms with Gasteiger partial charge in [-0.3, -0.25) is 14.5 Å². The second kappa shape index (κ2) is 7.22. The Morgan fingerprint density at radius 3 is 2.70 bits per heavy atom. The average Bonchev–Trinajstić information content (AvgIpc) is 2.77. The summed E-state index contributed by atoms with van der Waals surface area (Å²) in [5.74, 6) is -1.09. The molecule has 0 bridgehead atoms. The molecule has 23 heavy (non-hydrogen) atoms. The number of hydrogen-bond donors (Lipinski definition) is 1. The van der Waals surface area contributed by atoms with Gasteiger partial charge in [0.1, 0.15) is 11.8 Å². The first kappa shape index (κ1) is 18.3. The highest BCUT2D eigenvalue weighted by molar-refractivity contribution is 14.1. The first-order valence-corrected chi connectivity index (χ1v) is 8.98. The van der Waals surface area contributed by atoms with Crippen LogP contribution in [0.3, 0.4) is 0 Å². The third-order valence-electron chi connectivity index (χ3n) is 3.09. The number of phenols is 1. The molecule has 122 valence electrons. The summed E-state index contributed by atoms with van der Waals surface area (Å²) in [5.41, 5.74) is 0.648. The van der Waals surface area contributed by atoms with Gasteiger partial charge in [0.25, 0.3) is 11.1 Å². The molecule has 2 rings (SSSR count). The Morgan fingerprint density at radius 1 is 1.48 bits per heavy atom. The number of ether oxygens (including phenoxy) is 1. The van der Waals surface area contributed by atoms with E-state index < -0.39 is 23.2 Å². The van der Waals surface area contributed by atoms with Crippen LogP contribution in [0.5, 0.6) is 5.75 Å². The van der Waals surface area contributed by atoms with E-state index >= 15 is 0 Å². The Kier molecular flexibility index (Phi) is 5.74. The first-order chi connectivity index (χ1) is 10.8. The maximum Gasteiger partial charge on any atom is 0.328 e. The number of esters is 1. The predicted octanol–water partition coefficient (Wildman–Crippen LogP) is 3.36. The molecule has 1 aromatic rings. The van der Waals surface area contributed by atoms with Crippen molar-refractivity contribution in [3.8, 4) is 5.75 Å². The Balaban J connectivity index is 2.34. The molecule has 1 saturated heterocycles. The maximum atomic E-state index is 12.4. The van der Waals surface area contributed by atoms with Crippen LogP contribution in [0, 0.1) is 3.57 Å². The fourth-order valence-corrected chi connectivity index (χ4v) is 4.32. The summed E-state index contributed by atoms with van der Waals surface area (Å²) < 4.78 is 5.66. The Hall–Kier alpha value is -1.07. The first-order valence-electron chi connectivity index (χ1n) is 6.29. The van der Waals surface area contributed by atoms with Crippen molar-refractivity contribution in [3.63, 3.8) is 0 Å². The van der Waals surface area contributed by atoms with Gasteiger partial charge in [0, 0.05) is 0 Å². The number of phenolic OH excluding ortho intramolecular Hbond substituents is 1. The predicted molar refractivity (Wildman–Crippen MR) is 97.8 cm³/mol. The van der Waals surface area contributed by atoms with Crippen LogP contribution in [0.4, 0.5) is 4.79 Å². The fraction of sp³-hybridized carbons (Fsp3) is 0.214. The number of rotatable bonds is 3. The highest BCUT2D eigenvalue weighted by atomic mass is 127. The van der Waals surface area contributed by atoms with Gasteiger partial charge in [-0.25, -0.2) is 4.79 Å². The summed E-state index contributed by atoms with van der Waals surface area (Å²) in [6.45, 7) is 1.44. The molecule has 0 radical (unpaired) electrons. The summed E-state index contributed by atoms with van der Waals surface area (Å²) in [5, 5.41) is 9.21. The van der Waals surface area contributed by atoms with Gasteiger partial charge in [0.2, 0.25) is 0 Å². The number of thioether (sulfide) groups is 1. The molecular formula is C14H11BrINO5S. The molecule has 1 aliphatic rings. The molecule has 0 aromatic heterocycles. The molecule has 1 fully saturated rings. The number of hydrogen-bond acceptors (Lipinski definition) is 6. The monoisotopic (exact) mass is 511 g/mol. The summed E-state index contributed by atoms with van der Waals surface area (Å²) >= 11 is 5.94. The van der Waals surface area contributed by atoms with Crippen LogP contribution >= 0.6 is 50.3 Å². The van der Waals surface area contributed by atoms with E-state index in [9.17, 15) is 19.5 Å². The van der Waals surface area contributed by atoms with E-state index in [1.54, 1.807) is 18.2 Å². The zero-order valence-corrected chi connectivity index (χ0v) is 16.6. The zero-order valence-electron chi connectivity index (χ0n) is 12.0. The number of methoxy groups -OCH3 is 1. The van der Waals surface area contributed by atoms with Gasteiger partial charge in [0.05, 0.1) is 20.1 Å². The van der Waals surface area contributed by atoms with Crippen molar-refractivity contribution >= 4 is 73.5 Å². The average molecular weight is 512 g/mol. The lowest BCUT2D eigenvalue weighted by Crippen LogP contribution is -2.42. The Labute approximate surface area is 158 Å². The largest absolute Gasteiger partial charge is 0.506 e. The molecule has 9 heteroatoms. The quantitative estimate of drug-likeness (QED) is 0.380. The number of imide groups is 1. The Morgan fingerprint density at radius 2 is 2.13 bits per heavy atom. The minimum atomic E-state index is -0.981. The molecule has 1 N–H and O–H groups in total. The van der Waals surface area contributed by atoms with Crippen LogP contribution in [0.25, 0.3) is 6.08 Å². The number of benzene rings is 1. The van der Waals surface area contributed by atoms with E-state index in [4.69, 9.17) is 0 Å². The lowest BCUT2D eigenvalue weighted by molar-refractivity contribution is -0.148. The lowest BCUT2D eigenvalue weighted by atomic mass is 10.2. The van der Waals surface area contributed by atoms with Gasteiger partial charge in [0.15, 0.2) is 0 Å². The van der Waals surface area contributed by atoms with Crippen LogP contribution < -0.4 is 0 Å². The summed E-state index contributed by atoms with van der Waals surface area (Å²) in [7, 11) is 1.20. The van der Waals surface area contributed by atoms with Gasteiger partial charge >= 0.3 is 5.97 Å². The van der Waals surface area contributed by atoms with Crippen LogP contribution in [0.1, 0.15) is 12.5 Å². The molecule has 6 nitrogen and oxygen atoms in total. The molecule has 0 aliphatic carbocycles. The van der Waals surface area contributed by atoms with Crippen molar-refractivity contribution < 1.29 is 24.2 Å². The van der Waals surface area contributed by atoms with E-state index in [1.165, 1.54) is 14.0 Å². The number of aromatic hydroxyl groups is 1. The molecule has 0 saturated carbocycles.